The Balaban J connectivity index is 1.58. The first-order valence-corrected chi connectivity index (χ1v) is 10.5. The zero-order valence-electron chi connectivity index (χ0n) is 16.9. The highest BCUT2D eigenvalue weighted by molar-refractivity contribution is 8.00. The zero-order chi connectivity index (χ0) is 21.3. The van der Waals surface area contributed by atoms with E-state index in [-0.39, 0.29) is 11.8 Å². The normalized spacial score (nSPS) is 16.0. The second-order valence-electron chi connectivity index (χ2n) is 7.57. The van der Waals surface area contributed by atoms with Gasteiger partial charge in [-0.05, 0) is 48.9 Å². The van der Waals surface area contributed by atoms with Gasteiger partial charge in [-0.3, -0.25) is 14.5 Å². The number of amides is 2. The van der Waals surface area contributed by atoms with Gasteiger partial charge >= 0.3 is 0 Å². The van der Waals surface area contributed by atoms with Crippen LogP contribution in [0.5, 0.6) is 0 Å². The summed E-state index contributed by atoms with van der Waals surface area (Å²) in [4.78, 5) is 27.7. The number of anilines is 2. The molecule has 2 amide bonds. The third-order valence-electron chi connectivity index (χ3n) is 5.03. The van der Waals surface area contributed by atoms with Crippen molar-refractivity contribution >= 4 is 35.0 Å². The second-order valence-corrected chi connectivity index (χ2v) is 8.88. The van der Waals surface area contributed by atoms with Gasteiger partial charge in [-0.1, -0.05) is 54.2 Å². The first kappa shape index (κ1) is 20.1. The molecule has 154 valence electrons. The predicted molar refractivity (Wildman–Crippen MR) is 115 cm³/mol. The Labute approximate surface area is 178 Å². The molecule has 1 aliphatic heterocycles. The number of para-hydroxylation sites is 2. The van der Waals surface area contributed by atoms with Gasteiger partial charge in [0.2, 0.25) is 17.0 Å². The van der Waals surface area contributed by atoms with E-state index in [4.69, 9.17) is 0 Å². The van der Waals surface area contributed by atoms with Crippen LogP contribution in [0.15, 0.2) is 59.8 Å². The fourth-order valence-corrected chi connectivity index (χ4v) is 4.20. The summed E-state index contributed by atoms with van der Waals surface area (Å²) in [5.74, 6) is -0.401. The molecule has 3 aromatic rings. The molecule has 0 saturated heterocycles. The van der Waals surface area contributed by atoms with Gasteiger partial charge in [-0.25, -0.2) is 4.68 Å². The molecule has 1 N–H and O–H groups in total. The van der Waals surface area contributed by atoms with Gasteiger partial charge in [0.05, 0.1) is 23.2 Å². The second kappa shape index (κ2) is 7.91. The van der Waals surface area contributed by atoms with Gasteiger partial charge in [0.1, 0.15) is 5.54 Å². The van der Waals surface area contributed by atoms with Crippen molar-refractivity contribution in [3.05, 3.63) is 60.2 Å². The molecular weight excluding hydrogens is 400 g/mol. The predicted octanol–water partition coefficient (Wildman–Crippen LogP) is 2.97. The van der Waals surface area contributed by atoms with Crippen molar-refractivity contribution in [2.75, 3.05) is 10.2 Å². The minimum absolute atomic E-state index is 0.179. The molecular formula is C21H22N6O2S. The summed E-state index contributed by atoms with van der Waals surface area (Å²) in [6.07, 6.45) is 0. The molecule has 0 fully saturated rings. The molecule has 2 aromatic carbocycles. The molecule has 8 nitrogen and oxygen atoms in total. The molecule has 0 aliphatic carbocycles. The summed E-state index contributed by atoms with van der Waals surface area (Å²) in [5, 5.41) is 14.9. The average Bonchev–Trinajstić information content (AvgIpc) is 3.15. The van der Waals surface area contributed by atoms with E-state index in [1.165, 1.54) is 11.8 Å². The Hall–Kier alpha value is -3.20. The molecule has 0 saturated carbocycles. The van der Waals surface area contributed by atoms with E-state index in [0.717, 1.165) is 5.56 Å². The lowest BCUT2D eigenvalue weighted by molar-refractivity contribution is -0.126. The molecule has 0 bridgehead atoms. The van der Waals surface area contributed by atoms with Crippen molar-refractivity contribution in [3.63, 3.8) is 0 Å². The molecule has 0 radical (unpaired) electrons. The Morgan fingerprint density at radius 3 is 2.60 bits per heavy atom. The van der Waals surface area contributed by atoms with Crippen LogP contribution in [-0.2, 0) is 16.1 Å². The molecule has 1 atom stereocenters. The number of hydrogen-bond acceptors (Lipinski definition) is 6. The van der Waals surface area contributed by atoms with Crippen molar-refractivity contribution in [1.29, 1.82) is 0 Å². The van der Waals surface area contributed by atoms with E-state index in [9.17, 15) is 9.59 Å². The van der Waals surface area contributed by atoms with Crippen LogP contribution in [0.3, 0.4) is 0 Å². The van der Waals surface area contributed by atoms with E-state index in [2.05, 4.69) is 20.8 Å². The smallest absolute Gasteiger partial charge is 0.250 e. The third kappa shape index (κ3) is 3.68. The molecule has 2 heterocycles. The molecule has 4 rings (SSSR count). The molecule has 0 spiro atoms. The average molecular weight is 423 g/mol. The monoisotopic (exact) mass is 422 g/mol. The number of aromatic nitrogens is 4. The maximum atomic E-state index is 13.5. The fourth-order valence-electron chi connectivity index (χ4n) is 3.37. The number of fused-ring (bicyclic) bond motifs is 1. The van der Waals surface area contributed by atoms with Crippen LogP contribution in [0.25, 0.3) is 0 Å². The first-order valence-electron chi connectivity index (χ1n) is 9.59. The Morgan fingerprint density at radius 2 is 1.83 bits per heavy atom. The van der Waals surface area contributed by atoms with Gasteiger partial charge in [-0.2, -0.15) is 0 Å². The van der Waals surface area contributed by atoms with Crippen LogP contribution in [0.2, 0.25) is 0 Å². The fraction of sp³-hybridized carbons (Fsp3) is 0.286. The van der Waals surface area contributed by atoms with Gasteiger partial charge in [-0.15, -0.1) is 5.10 Å². The number of nitrogens with zero attached hydrogens (tertiary/aromatic N) is 5. The number of benzene rings is 2. The highest BCUT2D eigenvalue weighted by atomic mass is 32.2. The van der Waals surface area contributed by atoms with E-state index < -0.39 is 10.8 Å². The van der Waals surface area contributed by atoms with Crippen LogP contribution >= 0.6 is 11.8 Å². The molecule has 0 unspecified atom stereocenters. The lowest BCUT2D eigenvalue weighted by Gasteiger charge is -2.43. The van der Waals surface area contributed by atoms with E-state index >= 15 is 0 Å². The van der Waals surface area contributed by atoms with Crippen molar-refractivity contribution in [2.45, 2.75) is 43.3 Å². The van der Waals surface area contributed by atoms with Gasteiger partial charge in [0, 0.05) is 0 Å². The zero-order valence-corrected chi connectivity index (χ0v) is 17.8. The quantitative estimate of drug-likeness (QED) is 0.636. The molecule has 1 aliphatic rings. The molecule has 9 heteroatoms. The summed E-state index contributed by atoms with van der Waals surface area (Å²) in [7, 11) is 0. The Kier molecular flexibility index (Phi) is 5.29. The highest BCUT2D eigenvalue weighted by Crippen LogP contribution is 2.38. The number of tetrazole rings is 1. The van der Waals surface area contributed by atoms with Crippen molar-refractivity contribution in [3.8, 4) is 0 Å². The number of thioether (sulfide) groups is 1. The standard InChI is InChI=1S/C21H22N6O2S/c1-14(30-20-23-24-25-26(20)13-15-9-5-4-6-10-15)18(28)27-17-12-8-7-11-16(17)22-19(29)21(27,2)3/h4-12,14H,13H2,1-3H3,(H,22,29)/t14-/m1/s1. The number of hydrogen-bond donors (Lipinski definition) is 1. The Bertz CT molecular complexity index is 1080. The molecule has 30 heavy (non-hydrogen) atoms. The maximum Gasteiger partial charge on any atom is 0.250 e. The van der Waals surface area contributed by atoms with E-state index in [0.29, 0.717) is 23.1 Å². The van der Waals surface area contributed by atoms with Crippen molar-refractivity contribution < 1.29 is 9.59 Å². The summed E-state index contributed by atoms with van der Waals surface area (Å²) in [6, 6.07) is 17.2. The van der Waals surface area contributed by atoms with Crippen LogP contribution in [0.4, 0.5) is 11.4 Å². The number of rotatable bonds is 5. The first-order chi connectivity index (χ1) is 14.4. The number of nitrogens with one attached hydrogen (secondary N) is 1. The van der Waals surface area contributed by atoms with E-state index in [1.54, 1.807) is 36.4 Å². The van der Waals surface area contributed by atoms with Crippen LogP contribution in [-0.4, -0.2) is 42.8 Å². The minimum Gasteiger partial charge on any atom is -0.322 e. The molecule has 1 aromatic heterocycles. The SMILES string of the molecule is C[C@@H](Sc1nnnn1Cc1ccccc1)C(=O)N1c2ccccc2NC(=O)C1(C)C. The minimum atomic E-state index is -1.02. The van der Waals surface area contributed by atoms with Gasteiger partial charge in [0.25, 0.3) is 0 Å². The topological polar surface area (TPSA) is 93.0 Å². The van der Waals surface area contributed by atoms with Crippen LogP contribution in [0, 0.1) is 0 Å². The van der Waals surface area contributed by atoms with Gasteiger partial charge < -0.3 is 5.32 Å². The Morgan fingerprint density at radius 1 is 1.13 bits per heavy atom. The maximum absolute atomic E-state index is 13.5. The lowest BCUT2D eigenvalue weighted by atomic mass is 9.96. The van der Waals surface area contributed by atoms with Crippen LogP contribution in [0.1, 0.15) is 26.3 Å². The van der Waals surface area contributed by atoms with Crippen molar-refractivity contribution in [2.24, 2.45) is 0 Å². The lowest BCUT2D eigenvalue weighted by Crippen LogP contribution is -2.60. The summed E-state index contributed by atoms with van der Waals surface area (Å²) < 4.78 is 1.67. The number of carbonyl (C=O) groups is 2. The van der Waals surface area contributed by atoms with Gasteiger partial charge in [0.15, 0.2) is 0 Å². The summed E-state index contributed by atoms with van der Waals surface area (Å²) in [5.41, 5.74) is 1.36. The largest absolute Gasteiger partial charge is 0.322 e. The summed E-state index contributed by atoms with van der Waals surface area (Å²) >= 11 is 1.28. The highest BCUT2D eigenvalue weighted by Gasteiger charge is 2.45. The van der Waals surface area contributed by atoms with Crippen LogP contribution < -0.4 is 10.2 Å². The van der Waals surface area contributed by atoms with Crippen molar-refractivity contribution in [1.82, 2.24) is 20.2 Å². The third-order valence-corrected chi connectivity index (χ3v) is 6.09. The van der Waals surface area contributed by atoms with E-state index in [1.807, 2.05) is 48.5 Å². The number of carbonyl (C=O) groups excluding carboxylic acids is 2. The summed E-state index contributed by atoms with van der Waals surface area (Å²) in [6.45, 7) is 5.80.